The molecule has 0 saturated heterocycles. The van der Waals surface area contributed by atoms with Crippen LogP contribution in [0.2, 0.25) is 0 Å². The molecule has 1 fully saturated rings. The number of halogens is 1. The molecule has 3 rings (SSSR count). The van der Waals surface area contributed by atoms with Crippen molar-refractivity contribution in [2.24, 2.45) is 11.1 Å². The number of rotatable bonds is 6. The predicted octanol–water partition coefficient (Wildman–Crippen LogP) is 2.15. The standard InChI is InChI=1S/C19H19FN2O5S/c1-11(18(23)22-14-6-8-15(9-7-14)28(21,25)26)27-19(24)17-10-16(17)12-2-4-13(20)5-3-12/h2-9,11,16-17H,10H2,1H3,(H,22,23)(H2,21,25,26). The van der Waals surface area contributed by atoms with Crippen molar-refractivity contribution in [1.82, 2.24) is 0 Å². The average molecular weight is 406 g/mol. The Kier molecular flexibility index (Phi) is 5.48. The third-order valence-corrected chi connectivity index (χ3v) is 5.43. The Morgan fingerprint density at radius 3 is 2.32 bits per heavy atom. The average Bonchev–Trinajstić information content (AvgIpc) is 3.43. The van der Waals surface area contributed by atoms with Gasteiger partial charge in [0.2, 0.25) is 10.0 Å². The first-order valence-corrected chi connectivity index (χ1v) is 10.1. The molecule has 0 bridgehead atoms. The molecule has 1 aliphatic carbocycles. The molecule has 0 spiro atoms. The number of benzene rings is 2. The van der Waals surface area contributed by atoms with Crippen molar-refractivity contribution in [3.05, 3.63) is 59.9 Å². The maximum Gasteiger partial charge on any atom is 0.310 e. The number of hydrogen-bond acceptors (Lipinski definition) is 5. The number of amides is 1. The SMILES string of the molecule is CC(OC(=O)C1CC1c1ccc(F)cc1)C(=O)Nc1ccc(S(N)(=O)=O)cc1. The Balaban J connectivity index is 1.53. The summed E-state index contributed by atoms with van der Waals surface area (Å²) in [6.45, 7) is 1.45. The van der Waals surface area contributed by atoms with Crippen molar-refractivity contribution >= 4 is 27.6 Å². The lowest BCUT2D eigenvalue weighted by atomic mass is 10.1. The van der Waals surface area contributed by atoms with Gasteiger partial charge in [0.1, 0.15) is 5.82 Å². The molecular formula is C19H19FN2O5S. The van der Waals surface area contributed by atoms with Crippen LogP contribution in [0.1, 0.15) is 24.8 Å². The first-order valence-electron chi connectivity index (χ1n) is 8.55. The fourth-order valence-corrected chi connectivity index (χ4v) is 3.34. The maximum absolute atomic E-state index is 13.0. The summed E-state index contributed by atoms with van der Waals surface area (Å²) in [5, 5.41) is 7.56. The molecule has 3 N–H and O–H groups in total. The van der Waals surface area contributed by atoms with Crippen LogP contribution in [0.25, 0.3) is 0 Å². The largest absolute Gasteiger partial charge is 0.452 e. The van der Waals surface area contributed by atoms with Gasteiger partial charge in [0.25, 0.3) is 5.91 Å². The van der Waals surface area contributed by atoms with Crippen molar-refractivity contribution in [2.45, 2.75) is 30.3 Å². The normalized spacial score (nSPS) is 19.5. The van der Waals surface area contributed by atoms with Gasteiger partial charge in [-0.25, -0.2) is 17.9 Å². The zero-order chi connectivity index (χ0) is 20.5. The monoisotopic (exact) mass is 406 g/mol. The number of nitrogens with one attached hydrogen (secondary N) is 1. The maximum atomic E-state index is 13.0. The van der Waals surface area contributed by atoms with E-state index in [1.807, 2.05) is 0 Å². The Hall–Kier alpha value is -2.78. The van der Waals surface area contributed by atoms with Crippen molar-refractivity contribution in [2.75, 3.05) is 5.32 Å². The molecular weight excluding hydrogens is 387 g/mol. The van der Waals surface area contributed by atoms with Crippen LogP contribution in [0.15, 0.2) is 53.4 Å². The lowest BCUT2D eigenvalue weighted by Crippen LogP contribution is -2.30. The number of ether oxygens (including phenoxy) is 1. The molecule has 2 aromatic carbocycles. The molecule has 0 radical (unpaired) electrons. The number of carbonyl (C=O) groups is 2. The summed E-state index contributed by atoms with van der Waals surface area (Å²) in [5.41, 5.74) is 1.20. The van der Waals surface area contributed by atoms with E-state index < -0.39 is 28.0 Å². The topological polar surface area (TPSA) is 116 Å². The molecule has 1 aliphatic rings. The molecule has 7 nitrogen and oxygen atoms in total. The number of primary sulfonamides is 1. The van der Waals surface area contributed by atoms with Gasteiger partial charge < -0.3 is 10.1 Å². The van der Waals surface area contributed by atoms with Gasteiger partial charge in [-0.2, -0.15) is 0 Å². The van der Waals surface area contributed by atoms with Gasteiger partial charge in [0, 0.05) is 5.69 Å². The lowest BCUT2D eigenvalue weighted by molar-refractivity contribution is -0.154. The number of carbonyl (C=O) groups excluding carboxylic acids is 2. The highest BCUT2D eigenvalue weighted by molar-refractivity contribution is 7.89. The summed E-state index contributed by atoms with van der Waals surface area (Å²) in [6, 6.07) is 11.2. The van der Waals surface area contributed by atoms with E-state index in [-0.39, 0.29) is 22.5 Å². The fraction of sp³-hybridized carbons (Fsp3) is 0.263. The van der Waals surface area contributed by atoms with Crippen molar-refractivity contribution < 1.29 is 27.1 Å². The van der Waals surface area contributed by atoms with Gasteiger partial charge in [-0.1, -0.05) is 12.1 Å². The highest BCUT2D eigenvalue weighted by Gasteiger charge is 2.46. The molecule has 2 aromatic rings. The molecule has 148 valence electrons. The van der Waals surface area contributed by atoms with E-state index in [4.69, 9.17) is 9.88 Å². The van der Waals surface area contributed by atoms with Crippen LogP contribution in [0.4, 0.5) is 10.1 Å². The molecule has 0 aromatic heterocycles. The Bertz CT molecular complexity index is 990. The minimum absolute atomic E-state index is 0.0332. The number of anilines is 1. The first kappa shape index (κ1) is 20.0. The summed E-state index contributed by atoms with van der Waals surface area (Å²) in [7, 11) is -3.82. The molecule has 1 amide bonds. The Labute approximate surface area is 161 Å². The van der Waals surface area contributed by atoms with Crippen LogP contribution in [0.3, 0.4) is 0 Å². The van der Waals surface area contributed by atoms with E-state index in [1.165, 1.54) is 43.3 Å². The molecule has 3 atom stereocenters. The van der Waals surface area contributed by atoms with Crippen LogP contribution in [0, 0.1) is 11.7 Å². The molecule has 1 saturated carbocycles. The minimum Gasteiger partial charge on any atom is -0.452 e. The van der Waals surface area contributed by atoms with E-state index in [0.29, 0.717) is 12.1 Å². The Morgan fingerprint density at radius 2 is 1.75 bits per heavy atom. The van der Waals surface area contributed by atoms with Gasteiger partial charge in [-0.05, 0) is 61.2 Å². The third-order valence-electron chi connectivity index (χ3n) is 4.50. The highest BCUT2D eigenvalue weighted by Crippen LogP contribution is 2.48. The van der Waals surface area contributed by atoms with Crippen LogP contribution < -0.4 is 10.5 Å². The zero-order valence-corrected chi connectivity index (χ0v) is 15.8. The third kappa shape index (κ3) is 4.73. The summed E-state index contributed by atoms with van der Waals surface area (Å²) >= 11 is 0. The van der Waals surface area contributed by atoms with Crippen molar-refractivity contribution in [3.8, 4) is 0 Å². The van der Waals surface area contributed by atoms with Crippen LogP contribution >= 0.6 is 0 Å². The lowest BCUT2D eigenvalue weighted by Gasteiger charge is -2.14. The fourth-order valence-electron chi connectivity index (χ4n) is 2.82. The number of hydrogen-bond donors (Lipinski definition) is 2. The minimum atomic E-state index is -3.82. The molecule has 3 unspecified atom stereocenters. The van der Waals surface area contributed by atoms with E-state index in [9.17, 15) is 22.4 Å². The van der Waals surface area contributed by atoms with E-state index in [2.05, 4.69) is 5.32 Å². The summed E-state index contributed by atoms with van der Waals surface area (Å²) in [5.74, 6) is -1.76. The van der Waals surface area contributed by atoms with Crippen molar-refractivity contribution in [3.63, 3.8) is 0 Å². The number of sulfonamides is 1. The Morgan fingerprint density at radius 1 is 1.14 bits per heavy atom. The second-order valence-corrected chi connectivity index (χ2v) is 8.20. The van der Waals surface area contributed by atoms with Crippen molar-refractivity contribution in [1.29, 1.82) is 0 Å². The van der Waals surface area contributed by atoms with Gasteiger partial charge >= 0.3 is 5.97 Å². The van der Waals surface area contributed by atoms with E-state index in [1.54, 1.807) is 12.1 Å². The smallest absolute Gasteiger partial charge is 0.310 e. The quantitative estimate of drug-likeness (QED) is 0.713. The van der Waals surface area contributed by atoms with Crippen LogP contribution in [0.5, 0.6) is 0 Å². The van der Waals surface area contributed by atoms with Gasteiger partial charge in [-0.15, -0.1) is 0 Å². The second kappa shape index (κ2) is 7.69. The summed E-state index contributed by atoms with van der Waals surface area (Å²) in [4.78, 5) is 24.3. The van der Waals surface area contributed by atoms with Gasteiger partial charge in [-0.3, -0.25) is 9.59 Å². The highest BCUT2D eigenvalue weighted by atomic mass is 32.2. The first-order chi connectivity index (χ1) is 13.1. The van der Waals surface area contributed by atoms with E-state index >= 15 is 0 Å². The van der Waals surface area contributed by atoms with Gasteiger partial charge in [0.15, 0.2) is 6.10 Å². The predicted molar refractivity (Wildman–Crippen MR) is 99.2 cm³/mol. The molecule has 0 heterocycles. The summed E-state index contributed by atoms with van der Waals surface area (Å²) in [6.07, 6.45) is -0.437. The number of nitrogens with two attached hydrogens (primary N) is 1. The van der Waals surface area contributed by atoms with E-state index in [0.717, 1.165) is 5.56 Å². The van der Waals surface area contributed by atoms with Gasteiger partial charge in [0.05, 0.1) is 10.8 Å². The summed E-state index contributed by atoms with van der Waals surface area (Å²) < 4.78 is 40.6. The number of esters is 1. The molecule has 28 heavy (non-hydrogen) atoms. The molecule has 9 heteroatoms. The van der Waals surface area contributed by atoms with Crippen LogP contribution in [-0.4, -0.2) is 26.4 Å². The zero-order valence-electron chi connectivity index (χ0n) is 15.0. The second-order valence-electron chi connectivity index (χ2n) is 6.64. The molecule has 0 aliphatic heterocycles. The van der Waals surface area contributed by atoms with Crippen LogP contribution in [-0.2, 0) is 24.3 Å².